The first-order valence-corrected chi connectivity index (χ1v) is 8.62. The summed E-state index contributed by atoms with van der Waals surface area (Å²) in [6.45, 7) is 3.33. The quantitative estimate of drug-likeness (QED) is 0.643. The SMILES string of the molecule is CCCCC1=NCCC[C@@]12CCC=C[C@H]2c1ccccc1. The van der Waals surface area contributed by atoms with Crippen molar-refractivity contribution in [3.8, 4) is 0 Å². The van der Waals surface area contributed by atoms with Crippen molar-refractivity contribution in [2.24, 2.45) is 10.4 Å². The molecule has 112 valence electrons. The van der Waals surface area contributed by atoms with Crippen LogP contribution in [-0.4, -0.2) is 12.3 Å². The average molecular weight is 281 g/mol. The third-order valence-corrected chi connectivity index (χ3v) is 5.27. The summed E-state index contributed by atoms with van der Waals surface area (Å²) in [6, 6.07) is 11.1. The molecule has 1 nitrogen and oxygen atoms in total. The summed E-state index contributed by atoms with van der Waals surface area (Å²) in [6.07, 6.45) is 13.7. The second kappa shape index (κ2) is 6.60. The lowest BCUT2D eigenvalue weighted by Gasteiger charge is -2.45. The molecule has 0 saturated carbocycles. The molecule has 21 heavy (non-hydrogen) atoms. The second-order valence-electron chi connectivity index (χ2n) is 6.55. The number of rotatable bonds is 4. The van der Waals surface area contributed by atoms with Crippen LogP contribution in [0, 0.1) is 5.41 Å². The van der Waals surface area contributed by atoms with Crippen LogP contribution >= 0.6 is 0 Å². The minimum Gasteiger partial charge on any atom is -0.294 e. The Hall–Kier alpha value is -1.37. The minimum atomic E-state index is 0.309. The highest BCUT2D eigenvalue weighted by atomic mass is 14.8. The zero-order chi connectivity index (χ0) is 14.5. The Morgan fingerprint density at radius 2 is 2.05 bits per heavy atom. The molecular formula is C20H27N. The van der Waals surface area contributed by atoms with Gasteiger partial charge in [0.25, 0.3) is 0 Å². The molecule has 1 heterocycles. The molecule has 3 rings (SSSR count). The molecule has 0 aromatic heterocycles. The lowest BCUT2D eigenvalue weighted by molar-refractivity contribution is 0.286. The summed E-state index contributed by atoms with van der Waals surface area (Å²) in [5, 5.41) is 0. The molecule has 1 spiro atoms. The molecule has 1 heteroatoms. The number of allylic oxidation sites excluding steroid dienone is 2. The summed E-state index contributed by atoms with van der Waals surface area (Å²) >= 11 is 0. The van der Waals surface area contributed by atoms with Crippen molar-refractivity contribution >= 4 is 5.71 Å². The molecule has 0 saturated heterocycles. The summed E-state index contributed by atoms with van der Waals surface area (Å²) in [5.74, 6) is 0.531. The van der Waals surface area contributed by atoms with Crippen molar-refractivity contribution < 1.29 is 0 Å². The van der Waals surface area contributed by atoms with E-state index in [4.69, 9.17) is 4.99 Å². The Morgan fingerprint density at radius 3 is 2.86 bits per heavy atom. The molecule has 0 amide bonds. The van der Waals surface area contributed by atoms with Gasteiger partial charge < -0.3 is 0 Å². The molecule has 1 aromatic carbocycles. The van der Waals surface area contributed by atoms with E-state index in [0.717, 1.165) is 6.54 Å². The third-order valence-electron chi connectivity index (χ3n) is 5.27. The van der Waals surface area contributed by atoms with Gasteiger partial charge >= 0.3 is 0 Å². The second-order valence-corrected chi connectivity index (χ2v) is 6.55. The summed E-state index contributed by atoms with van der Waals surface area (Å²) in [7, 11) is 0. The van der Waals surface area contributed by atoms with Crippen molar-refractivity contribution in [1.29, 1.82) is 0 Å². The van der Waals surface area contributed by atoms with Gasteiger partial charge in [-0.1, -0.05) is 55.8 Å². The molecule has 1 aromatic rings. The molecule has 2 aliphatic rings. The summed E-state index contributed by atoms with van der Waals surface area (Å²) in [5.41, 5.74) is 3.30. The Balaban J connectivity index is 1.97. The molecule has 0 fully saturated rings. The predicted molar refractivity (Wildman–Crippen MR) is 91.1 cm³/mol. The van der Waals surface area contributed by atoms with Crippen molar-refractivity contribution in [2.75, 3.05) is 6.54 Å². The molecule has 0 bridgehead atoms. The highest BCUT2D eigenvalue weighted by Gasteiger charge is 2.43. The van der Waals surface area contributed by atoms with Gasteiger partial charge in [-0.25, -0.2) is 0 Å². The van der Waals surface area contributed by atoms with Crippen molar-refractivity contribution in [2.45, 2.75) is 57.8 Å². The van der Waals surface area contributed by atoms with E-state index in [1.165, 1.54) is 56.2 Å². The van der Waals surface area contributed by atoms with Crippen LogP contribution < -0.4 is 0 Å². The monoisotopic (exact) mass is 281 g/mol. The predicted octanol–water partition coefficient (Wildman–Crippen LogP) is 5.53. The van der Waals surface area contributed by atoms with E-state index >= 15 is 0 Å². The minimum absolute atomic E-state index is 0.309. The molecule has 1 aliphatic heterocycles. The van der Waals surface area contributed by atoms with Gasteiger partial charge in [0.2, 0.25) is 0 Å². The number of unbranched alkanes of at least 4 members (excludes halogenated alkanes) is 1. The van der Waals surface area contributed by atoms with Crippen LogP contribution in [0.25, 0.3) is 0 Å². The fourth-order valence-electron chi connectivity index (χ4n) is 4.19. The molecule has 0 radical (unpaired) electrons. The first-order chi connectivity index (χ1) is 10.4. The van der Waals surface area contributed by atoms with E-state index in [1.54, 1.807) is 0 Å². The van der Waals surface area contributed by atoms with Crippen molar-refractivity contribution in [1.82, 2.24) is 0 Å². The van der Waals surface area contributed by atoms with E-state index in [-0.39, 0.29) is 0 Å². The largest absolute Gasteiger partial charge is 0.294 e. The van der Waals surface area contributed by atoms with Gasteiger partial charge in [-0.15, -0.1) is 0 Å². The van der Waals surface area contributed by atoms with Crippen molar-refractivity contribution in [3.63, 3.8) is 0 Å². The number of nitrogens with zero attached hydrogens (tertiary/aromatic N) is 1. The lowest BCUT2D eigenvalue weighted by atomic mass is 9.60. The first kappa shape index (κ1) is 14.6. The molecule has 0 unspecified atom stereocenters. The number of hydrogen-bond donors (Lipinski definition) is 0. The molecule has 1 aliphatic carbocycles. The number of hydrogen-bond acceptors (Lipinski definition) is 1. The fourth-order valence-corrected chi connectivity index (χ4v) is 4.19. The van der Waals surface area contributed by atoms with Crippen LogP contribution in [-0.2, 0) is 0 Å². The van der Waals surface area contributed by atoms with Crippen LogP contribution in [0.5, 0.6) is 0 Å². The van der Waals surface area contributed by atoms with Crippen LogP contribution in [0.15, 0.2) is 47.5 Å². The van der Waals surface area contributed by atoms with E-state index in [1.807, 2.05) is 0 Å². The van der Waals surface area contributed by atoms with Gasteiger partial charge in [0, 0.05) is 23.6 Å². The highest BCUT2D eigenvalue weighted by molar-refractivity contribution is 5.92. The molecule has 2 atom stereocenters. The lowest BCUT2D eigenvalue weighted by Crippen LogP contribution is -2.40. The van der Waals surface area contributed by atoms with E-state index in [0.29, 0.717) is 11.3 Å². The zero-order valence-corrected chi connectivity index (χ0v) is 13.2. The highest BCUT2D eigenvalue weighted by Crippen LogP contribution is 2.50. The Kier molecular flexibility index (Phi) is 4.57. The maximum Gasteiger partial charge on any atom is 0.0389 e. The Labute approximate surface area is 129 Å². The molecule has 0 N–H and O–H groups in total. The maximum absolute atomic E-state index is 5.00. The van der Waals surface area contributed by atoms with Gasteiger partial charge in [-0.05, 0) is 44.1 Å². The van der Waals surface area contributed by atoms with Gasteiger partial charge in [0.05, 0.1) is 0 Å². The van der Waals surface area contributed by atoms with E-state index < -0.39 is 0 Å². The zero-order valence-electron chi connectivity index (χ0n) is 13.2. The number of benzene rings is 1. The van der Waals surface area contributed by atoms with Crippen LogP contribution in [0.1, 0.15) is 63.4 Å². The third kappa shape index (κ3) is 2.84. The van der Waals surface area contributed by atoms with Crippen LogP contribution in [0.4, 0.5) is 0 Å². The topological polar surface area (TPSA) is 12.4 Å². The normalized spacial score (nSPS) is 28.6. The smallest absolute Gasteiger partial charge is 0.0389 e. The van der Waals surface area contributed by atoms with Crippen LogP contribution in [0.2, 0.25) is 0 Å². The van der Waals surface area contributed by atoms with Gasteiger partial charge in [-0.2, -0.15) is 0 Å². The van der Waals surface area contributed by atoms with E-state index in [9.17, 15) is 0 Å². The van der Waals surface area contributed by atoms with Gasteiger partial charge in [0.15, 0.2) is 0 Å². The van der Waals surface area contributed by atoms with Crippen LogP contribution in [0.3, 0.4) is 0 Å². The average Bonchev–Trinajstić information content (AvgIpc) is 2.55. The summed E-state index contributed by atoms with van der Waals surface area (Å²) < 4.78 is 0. The Bertz CT molecular complexity index is 514. The van der Waals surface area contributed by atoms with E-state index in [2.05, 4.69) is 49.4 Å². The Morgan fingerprint density at radius 1 is 1.19 bits per heavy atom. The van der Waals surface area contributed by atoms with Gasteiger partial charge in [-0.3, -0.25) is 4.99 Å². The summed E-state index contributed by atoms with van der Waals surface area (Å²) in [4.78, 5) is 5.00. The fraction of sp³-hybridized carbons (Fsp3) is 0.550. The maximum atomic E-state index is 5.00. The van der Waals surface area contributed by atoms with Crippen molar-refractivity contribution in [3.05, 3.63) is 48.0 Å². The standard InChI is InChI=1S/C20H27N/c1-2-3-13-19-20(15-9-16-21-19)14-8-7-12-18(20)17-10-5-4-6-11-17/h4-7,10-12,18H,2-3,8-9,13-16H2,1H3/t18-,20+/m0/s1. The molecular weight excluding hydrogens is 254 g/mol. The van der Waals surface area contributed by atoms with Gasteiger partial charge in [0.1, 0.15) is 0 Å². The first-order valence-electron chi connectivity index (χ1n) is 8.62. The number of aliphatic imine (C=N–C) groups is 1.